The van der Waals surface area contributed by atoms with E-state index in [1.165, 1.54) is 23.4 Å². The fourth-order valence-electron chi connectivity index (χ4n) is 2.23. The van der Waals surface area contributed by atoms with Crippen LogP contribution < -0.4 is 10.6 Å². The molecule has 156 valence electrons. The maximum Gasteiger partial charge on any atom is 0.338 e. The van der Waals surface area contributed by atoms with Crippen molar-refractivity contribution in [3.63, 3.8) is 0 Å². The topological polar surface area (TPSA) is 122 Å². The van der Waals surface area contributed by atoms with Crippen LogP contribution in [0.4, 0.5) is 4.79 Å². The Morgan fingerprint density at radius 1 is 1.18 bits per heavy atom. The highest BCUT2D eigenvalue weighted by Gasteiger charge is 2.27. The molecule has 9 nitrogen and oxygen atoms in total. The van der Waals surface area contributed by atoms with Crippen LogP contribution >= 0.6 is 11.6 Å². The smallest absolute Gasteiger partial charge is 0.338 e. The van der Waals surface area contributed by atoms with Gasteiger partial charge in [-0.05, 0) is 32.0 Å². The third-order valence-corrected chi connectivity index (χ3v) is 6.25. The Kier molecular flexibility index (Phi) is 8.86. The first-order valence-corrected chi connectivity index (χ1v) is 10.5. The molecule has 3 amide bonds. The van der Waals surface area contributed by atoms with Crippen LogP contribution in [0.2, 0.25) is 5.02 Å². The minimum absolute atomic E-state index is 0.0366. The van der Waals surface area contributed by atoms with Crippen molar-refractivity contribution in [2.45, 2.75) is 38.7 Å². The summed E-state index contributed by atoms with van der Waals surface area (Å²) in [6.07, 6.45) is -1.27. The van der Waals surface area contributed by atoms with Crippen LogP contribution in [0.25, 0.3) is 0 Å². The SMILES string of the molecule is CCNC(=O)NC(=O)[C@H](C)OC(=O)c1ccc(Cl)c(S(=O)(=O)N(CC)CC)c1. The van der Waals surface area contributed by atoms with Gasteiger partial charge in [-0.1, -0.05) is 25.4 Å². The molecule has 0 aromatic heterocycles. The zero-order valence-electron chi connectivity index (χ0n) is 16.1. The van der Waals surface area contributed by atoms with E-state index in [1.807, 2.05) is 5.32 Å². The summed E-state index contributed by atoms with van der Waals surface area (Å²) in [5, 5.41) is 4.36. The van der Waals surface area contributed by atoms with Gasteiger partial charge in [0.1, 0.15) is 4.90 Å². The van der Waals surface area contributed by atoms with E-state index in [-0.39, 0.29) is 28.6 Å². The van der Waals surface area contributed by atoms with Crippen LogP contribution in [0, 0.1) is 0 Å². The van der Waals surface area contributed by atoms with Gasteiger partial charge in [0.2, 0.25) is 10.0 Å². The highest BCUT2D eigenvalue weighted by atomic mass is 35.5. The summed E-state index contributed by atoms with van der Waals surface area (Å²) in [6.45, 7) is 7.13. The first-order chi connectivity index (χ1) is 13.1. The van der Waals surface area contributed by atoms with Gasteiger partial charge >= 0.3 is 12.0 Å². The number of sulfonamides is 1. The highest BCUT2D eigenvalue weighted by Crippen LogP contribution is 2.26. The van der Waals surface area contributed by atoms with E-state index in [0.717, 1.165) is 6.07 Å². The third kappa shape index (κ3) is 5.91. The average Bonchev–Trinajstić information content (AvgIpc) is 2.62. The number of urea groups is 1. The number of hydrogen-bond acceptors (Lipinski definition) is 6. The Balaban J connectivity index is 3.02. The first kappa shape index (κ1) is 23.9. The number of ether oxygens (including phenoxy) is 1. The van der Waals surface area contributed by atoms with Crippen LogP contribution in [-0.4, -0.2) is 56.4 Å². The Labute approximate surface area is 169 Å². The largest absolute Gasteiger partial charge is 0.449 e. The molecule has 0 aliphatic carbocycles. The van der Waals surface area contributed by atoms with Crippen molar-refractivity contribution in [2.24, 2.45) is 0 Å². The zero-order valence-corrected chi connectivity index (χ0v) is 17.7. The molecule has 1 aromatic carbocycles. The molecule has 11 heteroatoms. The number of carbonyl (C=O) groups is 3. The van der Waals surface area contributed by atoms with Crippen molar-refractivity contribution in [1.82, 2.24) is 14.9 Å². The molecule has 2 N–H and O–H groups in total. The van der Waals surface area contributed by atoms with E-state index >= 15 is 0 Å². The van der Waals surface area contributed by atoms with Crippen LogP contribution in [0.5, 0.6) is 0 Å². The number of carbonyl (C=O) groups excluding carboxylic acids is 3. The van der Waals surface area contributed by atoms with Gasteiger partial charge in [-0.2, -0.15) is 4.31 Å². The molecule has 0 heterocycles. The number of esters is 1. The van der Waals surface area contributed by atoms with Gasteiger partial charge in [-0.15, -0.1) is 0 Å². The summed E-state index contributed by atoms with van der Waals surface area (Å²) >= 11 is 6.02. The lowest BCUT2D eigenvalue weighted by Crippen LogP contribution is -2.44. The van der Waals surface area contributed by atoms with Crippen molar-refractivity contribution >= 4 is 39.5 Å². The van der Waals surface area contributed by atoms with Crippen LogP contribution in [0.3, 0.4) is 0 Å². The second-order valence-electron chi connectivity index (χ2n) is 5.63. The van der Waals surface area contributed by atoms with E-state index in [9.17, 15) is 22.8 Å². The van der Waals surface area contributed by atoms with Crippen LogP contribution in [0.1, 0.15) is 38.1 Å². The lowest BCUT2D eigenvalue weighted by atomic mass is 10.2. The Morgan fingerprint density at radius 2 is 1.79 bits per heavy atom. The molecule has 0 saturated heterocycles. The Hall–Kier alpha value is -2.17. The number of imide groups is 1. The minimum Gasteiger partial charge on any atom is -0.449 e. The van der Waals surface area contributed by atoms with Gasteiger partial charge in [0.15, 0.2) is 6.10 Å². The first-order valence-electron chi connectivity index (χ1n) is 8.67. The summed E-state index contributed by atoms with van der Waals surface area (Å²) in [7, 11) is -3.89. The van der Waals surface area contributed by atoms with Gasteiger partial charge in [0, 0.05) is 19.6 Å². The highest BCUT2D eigenvalue weighted by molar-refractivity contribution is 7.89. The quantitative estimate of drug-likeness (QED) is 0.602. The monoisotopic (exact) mass is 433 g/mol. The fourth-order valence-corrected chi connectivity index (χ4v) is 4.19. The molecule has 0 radical (unpaired) electrons. The van der Waals surface area contributed by atoms with Gasteiger partial charge in [-0.3, -0.25) is 10.1 Å². The number of amides is 3. The lowest BCUT2D eigenvalue weighted by molar-refractivity contribution is -0.127. The van der Waals surface area contributed by atoms with Gasteiger partial charge in [-0.25, -0.2) is 18.0 Å². The Bertz CT molecular complexity index is 839. The summed E-state index contributed by atoms with van der Waals surface area (Å²) in [4.78, 5) is 35.3. The van der Waals surface area contributed by atoms with Gasteiger partial charge in [0.05, 0.1) is 10.6 Å². The predicted octanol–water partition coefficient (Wildman–Crippen LogP) is 1.76. The number of halogens is 1. The van der Waals surface area contributed by atoms with E-state index in [4.69, 9.17) is 16.3 Å². The minimum atomic E-state index is -3.89. The molecular weight excluding hydrogens is 410 g/mol. The molecule has 1 rings (SSSR count). The molecule has 0 bridgehead atoms. The number of nitrogens with zero attached hydrogens (tertiary/aromatic N) is 1. The maximum absolute atomic E-state index is 12.7. The van der Waals surface area contributed by atoms with Crippen molar-refractivity contribution in [3.8, 4) is 0 Å². The van der Waals surface area contributed by atoms with E-state index in [0.29, 0.717) is 6.54 Å². The van der Waals surface area contributed by atoms with Crippen molar-refractivity contribution in [3.05, 3.63) is 28.8 Å². The molecule has 0 aliphatic rings. The second-order valence-corrected chi connectivity index (χ2v) is 7.94. The fraction of sp³-hybridized carbons (Fsp3) is 0.471. The summed E-state index contributed by atoms with van der Waals surface area (Å²) in [5.41, 5.74) is -0.0900. The van der Waals surface area contributed by atoms with Crippen LogP contribution in [-0.2, 0) is 19.6 Å². The van der Waals surface area contributed by atoms with Gasteiger partial charge in [0.25, 0.3) is 5.91 Å². The summed E-state index contributed by atoms with van der Waals surface area (Å²) in [6, 6.07) is 2.95. The molecule has 1 aromatic rings. The summed E-state index contributed by atoms with van der Waals surface area (Å²) in [5.74, 6) is -1.74. The molecule has 0 fully saturated rings. The van der Waals surface area contributed by atoms with Crippen molar-refractivity contribution in [2.75, 3.05) is 19.6 Å². The Morgan fingerprint density at radius 3 is 2.32 bits per heavy atom. The van der Waals surface area contributed by atoms with E-state index < -0.39 is 34.0 Å². The van der Waals surface area contributed by atoms with Crippen LogP contribution in [0.15, 0.2) is 23.1 Å². The second kappa shape index (κ2) is 10.4. The molecule has 28 heavy (non-hydrogen) atoms. The average molecular weight is 434 g/mol. The molecule has 0 unspecified atom stereocenters. The molecular formula is C17H24ClN3O6S. The van der Waals surface area contributed by atoms with Crippen molar-refractivity contribution in [1.29, 1.82) is 0 Å². The summed E-state index contributed by atoms with van der Waals surface area (Å²) < 4.78 is 31.6. The number of hydrogen-bond donors (Lipinski definition) is 2. The number of benzene rings is 1. The van der Waals surface area contributed by atoms with Crippen molar-refractivity contribution < 1.29 is 27.5 Å². The number of nitrogens with one attached hydrogen (secondary N) is 2. The molecule has 0 aliphatic heterocycles. The standard InChI is InChI=1S/C17H24ClN3O6S/c1-5-19-17(24)20-15(22)11(4)27-16(23)12-8-9-13(18)14(10-12)28(25,26)21(6-2)7-3/h8-11H,5-7H2,1-4H3,(H2,19,20,22,24)/t11-/m0/s1. The lowest BCUT2D eigenvalue weighted by Gasteiger charge is -2.19. The third-order valence-electron chi connectivity index (χ3n) is 3.72. The maximum atomic E-state index is 12.7. The molecule has 1 atom stereocenters. The number of rotatable bonds is 8. The van der Waals surface area contributed by atoms with Gasteiger partial charge < -0.3 is 10.1 Å². The van der Waals surface area contributed by atoms with E-state index in [1.54, 1.807) is 20.8 Å². The van der Waals surface area contributed by atoms with E-state index in [2.05, 4.69) is 5.32 Å². The predicted molar refractivity (Wildman–Crippen MR) is 104 cm³/mol. The molecule has 0 saturated carbocycles. The molecule has 0 spiro atoms. The normalized spacial score (nSPS) is 12.4. The zero-order chi connectivity index (χ0) is 21.5.